The molecule has 1 amide bonds. The Labute approximate surface area is 164 Å². The average molecular weight is 398 g/mol. The summed E-state index contributed by atoms with van der Waals surface area (Å²) in [5, 5.41) is 0. The van der Waals surface area contributed by atoms with Gasteiger partial charge < -0.3 is 4.90 Å². The van der Waals surface area contributed by atoms with Gasteiger partial charge in [-0.15, -0.1) is 0 Å². The summed E-state index contributed by atoms with van der Waals surface area (Å²) >= 11 is 0. The molecule has 8 heteroatoms. The van der Waals surface area contributed by atoms with E-state index in [0.717, 1.165) is 19.6 Å². The Bertz CT molecular complexity index is 997. The van der Waals surface area contributed by atoms with Crippen molar-refractivity contribution in [1.82, 2.24) is 14.5 Å². The zero-order chi connectivity index (χ0) is 19.6. The van der Waals surface area contributed by atoms with Gasteiger partial charge in [0.1, 0.15) is 12.4 Å². The van der Waals surface area contributed by atoms with Crippen molar-refractivity contribution in [1.29, 1.82) is 0 Å². The summed E-state index contributed by atoms with van der Waals surface area (Å²) in [6.07, 6.45) is 0. The van der Waals surface area contributed by atoms with Gasteiger partial charge in [0.25, 0.3) is 10.0 Å². The van der Waals surface area contributed by atoms with Crippen LogP contribution >= 0.6 is 0 Å². The lowest BCUT2D eigenvalue weighted by atomic mass is 10.2. The number of sulfonamides is 1. The molecule has 1 saturated heterocycles. The summed E-state index contributed by atoms with van der Waals surface area (Å²) in [7, 11) is -3.58. The van der Waals surface area contributed by atoms with E-state index in [1.807, 2.05) is 18.2 Å². The van der Waals surface area contributed by atoms with E-state index in [4.69, 9.17) is 0 Å². The number of hydrogen-bond acceptors (Lipinski definition) is 5. The fraction of sp³-hybridized carbons (Fsp3) is 0.300. The number of nitrogens with zero attached hydrogens (tertiary/aromatic N) is 3. The molecule has 0 aliphatic carbocycles. The molecule has 2 heterocycles. The van der Waals surface area contributed by atoms with Crippen molar-refractivity contribution in [3.63, 3.8) is 0 Å². The molecule has 0 radical (unpaired) electrons. The van der Waals surface area contributed by atoms with E-state index < -0.39 is 10.0 Å². The summed E-state index contributed by atoms with van der Waals surface area (Å²) in [5.74, 6) is 0.155. The molecule has 1 fully saturated rings. The molecule has 1 N–H and O–H groups in total. The number of carbonyl (C=O) groups is 1. The lowest BCUT2D eigenvalue weighted by Gasteiger charge is -2.34. The highest BCUT2D eigenvalue weighted by molar-refractivity contribution is 7.90. The van der Waals surface area contributed by atoms with E-state index in [2.05, 4.69) is 26.7 Å². The van der Waals surface area contributed by atoms with Crippen LogP contribution in [-0.2, 0) is 21.4 Å². The predicted octanol–water partition coefficient (Wildman–Crippen LogP) is 1.07. The molecule has 0 atom stereocenters. The van der Waals surface area contributed by atoms with Gasteiger partial charge in [0.2, 0.25) is 5.91 Å². The SMILES string of the molecule is O=C(CN=C1NS(=O)(=O)c2ccccc21)N1CCN(Cc2ccccc2)CC1. The number of fused-ring (bicyclic) bond motifs is 1. The maximum atomic E-state index is 12.5. The molecule has 2 aromatic carbocycles. The van der Waals surface area contributed by atoms with Crippen molar-refractivity contribution in [2.75, 3.05) is 32.7 Å². The number of carbonyl (C=O) groups excluding carboxylic acids is 1. The number of amides is 1. The topological polar surface area (TPSA) is 82.1 Å². The van der Waals surface area contributed by atoms with Crippen LogP contribution in [0.4, 0.5) is 0 Å². The Balaban J connectivity index is 1.34. The van der Waals surface area contributed by atoms with Gasteiger partial charge in [-0.2, -0.15) is 0 Å². The Morgan fingerprint density at radius 2 is 1.64 bits per heavy atom. The van der Waals surface area contributed by atoms with Crippen molar-refractivity contribution < 1.29 is 13.2 Å². The quantitative estimate of drug-likeness (QED) is 0.835. The smallest absolute Gasteiger partial charge is 0.263 e. The van der Waals surface area contributed by atoms with Crippen molar-refractivity contribution in [3.05, 3.63) is 65.7 Å². The molecule has 7 nitrogen and oxygen atoms in total. The predicted molar refractivity (Wildman–Crippen MR) is 106 cm³/mol. The fourth-order valence-corrected chi connectivity index (χ4v) is 4.75. The highest BCUT2D eigenvalue weighted by Crippen LogP contribution is 2.22. The third kappa shape index (κ3) is 3.93. The van der Waals surface area contributed by atoms with Gasteiger partial charge in [-0.25, -0.2) is 8.42 Å². The van der Waals surface area contributed by atoms with Crippen LogP contribution in [0.25, 0.3) is 0 Å². The number of hydrogen-bond donors (Lipinski definition) is 1. The molecular weight excluding hydrogens is 376 g/mol. The maximum absolute atomic E-state index is 12.5. The van der Waals surface area contributed by atoms with Crippen molar-refractivity contribution >= 4 is 21.8 Å². The molecule has 0 bridgehead atoms. The third-order valence-corrected chi connectivity index (χ3v) is 6.41. The Morgan fingerprint density at radius 1 is 0.964 bits per heavy atom. The number of aliphatic imine (C=N–C) groups is 1. The van der Waals surface area contributed by atoms with Gasteiger partial charge in [0.05, 0.1) is 4.90 Å². The van der Waals surface area contributed by atoms with E-state index in [-0.39, 0.29) is 23.2 Å². The van der Waals surface area contributed by atoms with Crippen LogP contribution in [0.5, 0.6) is 0 Å². The monoisotopic (exact) mass is 398 g/mol. The largest absolute Gasteiger partial charge is 0.339 e. The first-order valence-electron chi connectivity index (χ1n) is 9.24. The second kappa shape index (κ2) is 7.73. The minimum absolute atomic E-state index is 0.0646. The van der Waals surface area contributed by atoms with E-state index >= 15 is 0 Å². The molecule has 0 saturated carbocycles. The van der Waals surface area contributed by atoms with E-state index in [1.54, 1.807) is 23.1 Å². The number of piperazine rings is 1. The fourth-order valence-electron chi connectivity index (χ4n) is 3.49. The summed E-state index contributed by atoms with van der Waals surface area (Å²) < 4.78 is 26.6. The normalized spacial score (nSPS) is 20.0. The minimum atomic E-state index is -3.58. The summed E-state index contributed by atoms with van der Waals surface area (Å²) in [4.78, 5) is 21.1. The van der Waals surface area contributed by atoms with Crippen LogP contribution in [-0.4, -0.2) is 62.7 Å². The highest BCUT2D eigenvalue weighted by atomic mass is 32.2. The van der Waals surface area contributed by atoms with Crippen molar-refractivity contribution in [3.8, 4) is 0 Å². The second-order valence-corrected chi connectivity index (χ2v) is 8.56. The highest BCUT2D eigenvalue weighted by Gasteiger charge is 2.30. The van der Waals surface area contributed by atoms with E-state index in [1.165, 1.54) is 11.6 Å². The number of nitrogens with one attached hydrogen (secondary N) is 1. The Morgan fingerprint density at radius 3 is 2.39 bits per heavy atom. The van der Waals surface area contributed by atoms with Crippen LogP contribution in [0.2, 0.25) is 0 Å². The summed E-state index contributed by atoms with van der Waals surface area (Å²) in [6, 6.07) is 16.9. The molecule has 4 rings (SSSR count). The molecular formula is C20H22N4O3S. The third-order valence-electron chi connectivity index (χ3n) is 5.01. The first kappa shape index (κ1) is 18.6. The molecule has 28 heavy (non-hydrogen) atoms. The van der Waals surface area contributed by atoms with Crippen LogP contribution < -0.4 is 4.72 Å². The van der Waals surface area contributed by atoms with Crippen LogP contribution in [0, 0.1) is 0 Å². The van der Waals surface area contributed by atoms with Crippen molar-refractivity contribution in [2.45, 2.75) is 11.4 Å². The van der Waals surface area contributed by atoms with Gasteiger partial charge in [0, 0.05) is 38.3 Å². The summed E-state index contributed by atoms with van der Waals surface area (Å²) in [5.41, 5.74) is 1.78. The summed E-state index contributed by atoms with van der Waals surface area (Å²) in [6.45, 7) is 3.74. The van der Waals surface area contributed by atoms with Gasteiger partial charge in [-0.1, -0.05) is 42.5 Å². The number of amidine groups is 1. The molecule has 2 aromatic rings. The van der Waals surface area contributed by atoms with Gasteiger partial charge in [0.15, 0.2) is 0 Å². The molecule has 146 valence electrons. The maximum Gasteiger partial charge on any atom is 0.263 e. The lowest BCUT2D eigenvalue weighted by molar-refractivity contribution is -0.131. The van der Waals surface area contributed by atoms with E-state index in [0.29, 0.717) is 18.7 Å². The van der Waals surface area contributed by atoms with Crippen LogP contribution in [0.3, 0.4) is 0 Å². The van der Waals surface area contributed by atoms with E-state index in [9.17, 15) is 13.2 Å². The van der Waals surface area contributed by atoms with Gasteiger partial charge in [-0.05, 0) is 17.7 Å². The minimum Gasteiger partial charge on any atom is -0.339 e. The zero-order valence-electron chi connectivity index (χ0n) is 15.4. The lowest BCUT2D eigenvalue weighted by Crippen LogP contribution is -2.49. The van der Waals surface area contributed by atoms with Crippen molar-refractivity contribution in [2.24, 2.45) is 4.99 Å². The molecule has 0 aromatic heterocycles. The first-order valence-corrected chi connectivity index (χ1v) is 10.7. The number of benzene rings is 2. The average Bonchev–Trinajstić information content (AvgIpc) is 2.98. The second-order valence-electron chi connectivity index (χ2n) is 6.91. The van der Waals surface area contributed by atoms with Gasteiger partial charge >= 0.3 is 0 Å². The molecule has 2 aliphatic rings. The zero-order valence-corrected chi connectivity index (χ0v) is 16.2. The standard InChI is InChI=1S/C20H22N4O3S/c25-19(14-21-20-17-8-4-5-9-18(17)28(26,27)22-20)24-12-10-23(11-13-24)15-16-6-2-1-3-7-16/h1-9H,10-15H2,(H,21,22). The van der Waals surface area contributed by atoms with Crippen LogP contribution in [0.1, 0.15) is 11.1 Å². The first-order chi connectivity index (χ1) is 13.5. The molecule has 0 unspecified atom stereocenters. The van der Waals surface area contributed by atoms with Gasteiger partial charge in [-0.3, -0.25) is 19.4 Å². The Hall–Kier alpha value is -2.71. The Kier molecular flexibility index (Phi) is 5.15. The molecule has 0 spiro atoms. The van der Waals surface area contributed by atoms with Crippen LogP contribution in [0.15, 0.2) is 64.5 Å². The number of rotatable bonds is 4. The molecule has 2 aliphatic heterocycles.